The molecule has 1 unspecified atom stereocenters. The molecule has 1 atom stereocenters. The summed E-state index contributed by atoms with van der Waals surface area (Å²) >= 11 is 11.9. The molecule has 10 heteroatoms. The summed E-state index contributed by atoms with van der Waals surface area (Å²) in [5, 5.41) is 10.6. The lowest BCUT2D eigenvalue weighted by Crippen LogP contribution is -2.28. The Morgan fingerprint density at radius 2 is 1.58 bits per heavy atom. The van der Waals surface area contributed by atoms with Gasteiger partial charge in [0, 0.05) is 21.4 Å². The molecule has 0 bridgehead atoms. The zero-order valence-corrected chi connectivity index (χ0v) is 20.5. The van der Waals surface area contributed by atoms with E-state index in [2.05, 4.69) is 15.7 Å². The molecule has 2 N–H and O–H groups in total. The fourth-order valence-corrected chi connectivity index (χ4v) is 3.86. The molecule has 0 saturated heterocycles. The van der Waals surface area contributed by atoms with Crippen molar-refractivity contribution in [3.05, 3.63) is 106 Å². The smallest absolute Gasteiger partial charge is 0.356 e. The fourth-order valence-electron chi connectivity index (χ4n) is 3.55. The third-order valence-corrected chi connectivity index (χ3v) is 5.99. The minimum atomic E-state index is -4.63. The average Bonchev–Trinajstić information content (AvgIpc) is 3.29. The Balaban J connectivity index is 1.45. The Hall–Kier alpha value is -3.49. The molecule has 0 aliphatic carbocycles. The van der Waals surface area contributed by atoms with Crippen LogP contribution in [-0.2, 0) is 17.5 Å². The highest BCUT2D eigenvalue weighted by atomic mass is 35.5. The summed E-state index contributed by atoms with van der Waals surface area (Å²) < 4.78 is 41.1. The maximum atomic E-state index is 13.3. The van der Waals surface area contributed by atoms with Gasteiger partial charge in [0.15, 0.2) is 5.69 Å². The van der Waals surface area contributed by atoms with E-state index in [1.807, 2.05) is 36.4 Å². The van der Waals surface area contributed by atoms with E-state index in [-0.39, 0.29) is 18.1 Å². The topological polar surface area (TPSA) is 59.0 Å². The van der Waals surface area contributed by atoms with Crippen molar-refractivity contribution in [2.45, 2.75) is 25.6 Å². The second kappa shape index (κ2) is 10.6. The number of aromatic nitrogens is 2. The number of nitrogens with zero attached hydrogens (tertiary/aromatic N) is 2. The van der Waals surface area contributed by atoms with E-state index in [1.165, 1.54) is 6.07 Å². The van der Waals surface area contributed by atoms with Gasteiger partial charge in [-0.3, -0.25) is 4.79 Å². The first-order valence-electron chi connectivity index (χ1n) is 10.9. The van der Waals surface area contributed by atoms with E-state index < -0.39 is 17.8 Å². The lowest BCUT2D eigenvalue weighted by Gasteiger charge is -2.14. The van der Waals surface area contributed by atoms with Gasteiger partial charge in [-0.2, -0.15) is 18.3 Å². The zero-order valence-electron chi connectivity index (χ0n) is 19.0. The van der Waals surface area contributed by atoms with Crippen molar-refractivity contribution in [2.24, 2.45) is 0 Å². The minimum absolute atomic E-state index is 0.144. The highest BCUT2D eigenvalue weighted by Gasteiger charge is 2.35. The van der Waals surface area contributed by atoms with Gasteiger partial charge in [-0.1, -0.05) is 41.4 Å². The van der Waals surface area contributed by atoms with Gasteiger partial charge in [0.05, 0.1) is 23.8 Å². The standard InChI is InChI=1S/C26H21Cl2F3N4O/c1-16(17-5-9-20(10-6-17)33-21-11-7-18(27)8-12-21)25(36)32-15-23-14-24(26(29,30)31)34-35(23)22-4-2-3-19(28)13-22/h2-14,16,33H,15H2,1H3,(H,32,36). The number of alkyl halides is 3. The third-order valence-electron chi connectivity index (χ3n) is 5.51. The summed E-state index contributed by atoms with van der Waals surface area (Å²) in [6.45, 7) is 1.58. The average molecular weight is 533 g/mol. The summed E-state index contributed by atoms with van der Waals surface area (Å²) in [6.07, 6.45) is -4.63. The van der Waals surface area contributed by atoms with Gasteiger partial charge in [-0.15, -0.1) is 0 Å². The molecule has 0 spiro atoms. The molecule has 36 heavy (non-hydrogen) atoms. The van der Waals surface area contributed by atoms with Crippen molar-refractivity contribution >= 4 is 40.5 Å². The van der Waals surface area contributed by atoms with Gasteiger partial charge in [0.2, 0.25) is 5.91 Å². The van der Waals surface area contributed by atoms with Crippen LogP contribution in [0.25, 0.3) is 5.69 Å². The highest BCUT2D eigenvalue weighted by Crippen LogP contribution is 2.30. The van der Waals surface area contributed by atoms with Crippen LogP contribution in [0.3, 0.4) is 0 Å². The molecule has 0 fully saturated rings. The predicted molar refractivity (Wildman–Crippen MR) is 135 cm³/mol. The Morgan fingerprint density at radius 3 is 2.19 bits per heavy atom. The first kappa shape index (κ1) is 25.6. The Labute approximate surface area is 215 Å². The summed E-state index contributed by atoms with van der Waals surface area (Å²) in [5.74, 6) is -0.861. The van der Waals surface area contributed by atoms with E-state index in [4.69, 9.17) is 23.2 Å². The Kier molecular flexibility index (Phi) is 7.56. The van der Waals surface area contributed by atoms with Gasteiger partial charge in [-0.25, -0.2) is 4.68 Å². The molecule has 0 aliphatic rings. The minimum Gasteiger partial charge on any atom is -0.356 e. The number of halogens is 5. The molecular weight excluding hydrogens is 512 g/mol. The second-order valence-corrected chi connectivity index (χ2v) is 8.98. The number of carbonyl (C=O) groups is 1. The summed E-state index contributed by atoms with van der Waals surface area (Å²) in [5.41, 5.74) is 1.94. The van der Waals surface area contributed by atoms with Crippen LogP contribution in [-0.4, -0.2) is 15.7 Å². The van der Waals surface area contributed by atoms with E-state index in [0.717, 1.165) is 27.7 Å². The first-order valence-corrected chi connectivity index (χ1v) is 11.7. The molecule has 1 aromatic heterocycles. The lowest BCUT2D eigenvalue weighted by atomic mass is 10.00. The van der Waals surface area contributed by atoms with Crippen LogP contribution in [0, 0.1) is 0 Å². The normalized spacial score (nSPS) is 12.3. The molecule has 4 aromatic rings. The molecule has 0 saturated carbocycles. The molecule has 0 radical (unpaired) electrons. The zero-order chi connectivity index (χ0) is 25.9. The molecule has 4 rings (SSSR count). The van der Waals surface area contributed by atoms with Crippen LogP contribution >= 0.6 is 23.2 Å². The van der Waals surface area contributed by atoms with Crippen molar-refractivity contribution in [1.82, 2.24) is 15.1 Å². The number of benzene rings is 3. The molecule has 0 aliphatic heterocycles. The van der Waals surface area contributed by atoms with Crippen molar-refractivity contribution in [3.63, 3.8) is 0 Å². The van der Waals surface area contributed by atoms with Gasteiger partial charge in [0.1, 0.15) is 0 Å². The molecule has 1 heterocycles. The van der Waals surface area contributed by atoms with Crippen LogP contribution in [0.4, 0.5) is 24.5 Å². The van der Waals surface area contributed by atoms with E-state index in [1.54, 1.807) is 37.3 Å². The highest BCUT2D eigenvalue weighted by molar-refractivity contribution is 6.31. The molecule has 1 amide bonds. The largest absolute Gasteiger partial charge is 0.435 e. The molecule has 3 aromatic carbocycles. The van der Waals surface area contributed by atoms with Crippen molar-refractivity contribution in [1.29, 1.82) is 0 Å². The van der Waals surface area contributed by atoms with Gasteiger partial charge in [0.25, 0.3) is 0 Å². The number of nitrogens with one attached hydrogen (secondary N) is 2. The predicted octanol–water partition coefficient (Wildman–Crippen LogP) is 7.36. The second-order valence-electron chi connectivity index (χ2n) is 8.10. The lowest BCUT2D eigenvalue weighted by molar-refractivity contribution is -0.141. The van der Waals surface area contributed by atoms with E-state index >= 15 is 0 Å². The molecule has 186 valence electrons. The number of hydrogen-bond acceptors (Lipinski definition) is 3. The molecular formula is C26H21Cl2F3N4O. The van der Waals surface area contributed by atoms with Crippen molar-refractivity contribution in [3.8, 4) is 5.69 Å². The maximum absolute atomic E-state index is 13.3. The van der Waals surface area contributed by atoms with Crippen LogP contribution in [0.1, 0.15) is 29.8 Å². The maximum Gasteiger partial charge on any atom is 0.435 e. The number of carbonyl (C=O) groups excluding carboxylic acids is 1. The number of anilines is 2. The van der Waals surface area contributed by atoms with Crippen LogP contribution in [0.2, 0.25) is 10.0 Å². The first-order chi connectivity index (χ1) is 17.1. The third kappa shape index (κ3) is 6.19. The summed E-state index contributed by atoms with van der Waals surface area (Å²) in [6, 6.07) is 21.8. The summed E-state index contributed by atoms with van der Waals surface area (Å²) in [4.78, 5) is 12.8. The molecule has 5 nitrogen and oxygen atoms in total. The Morgan fingerprint density at radius 1 is 0.944 bits per heavy atom. The van der Waals surface area contributed by atoms with Crippen LogP contribution < -0.4 is 10.6 Å². The Bertz CT molecular complexity index is 1350. The van der Waals surface area contributed by atoms with E-state index in [9.17, 15) is 18.0 Å². The quantitative estimate of drug-likeness (QED) is 0.261. The van der Waals surface area contributed by atoms with Crippen LogP contribution in [0.15, 0.2) is 78.9 Å². The number of hydrogen-bond donors (Lipinski definition) is 2. The van der Waals surface area contributed by atoms with Crippen LogP contribution in [0.5, 0.6) is 0 Å². The number of amides is 1. The van der Waals surface area contributed by atoms with Crippen molar-refractivity contribution in [2.75, 3.05) is 5.32 Å². The monoisotopic (exact) mass is 532 g/mol. The number of rotatable bonds is 7. The fraction of sp³-hybridized carbons (Fsp3) is 0.154. The van der Waals surface area contributed by atoms with E-state index in [0.29, 0.717) is 15.7 Å². The van der Waals surface area contributed by atoms with Gasteiger partial charge < -0.3 is 10.6 Å². The van der Waals surface area contributed by atoms with Gasteiger partial charge >= 0.3 is 6.18 Å². The summed E-state index contributed by atoms with van der Waals surface area (Å²) in [7, 11) is 0. The SMILES string of the molecule is CC(C(=O)NCc1cc(C(F)(F)F)nn1-c1cccc(Cl)c1)c1ccc(Nc2ccc(Cl)cc2)cc1. The van der Waals surface area contributed by atoms with Crippen molar-refractivity contribution < 1.29 is 18.0 Å². The van der Waals surface area contributed by atoms with Gasteiger partial charge in [-0.05, 0) is 73.2 Å².